The smallest absolute Gasteiger partial charge is 0.339 e. The minimum atomic E-state index is -0.958. The number of para-hydroxylation sites is 1. The molecule has 13 nitrogen and oxygen atoms in total. The van der Waals surface area contributed by atoms with Crippen LogP contribution in [0.15, 0.2) is 110 Å². The van der Waals surface area contributed by atoms with Crippen LogP contribution in [0.2, 0.25) is 0 Å². The second-order valence-electron chi connectivity index (χ2n) is 20.3. The van der Waals surface area contributed by atoms with E-state index in [2.05, 4.69) is 25.8 Å². The second kappa shape index (κ2) is 14.8. The molecule has 1 aromatic carbocycles. The minimum Gasteiger partial charge on any atom is -0.495 e. The van der Waals surface area contributed by atoms with E-state index in [-0.39, 0.29) is 47.5 Å². The Labute approximate surface area is 376 Å². The van der Waals surface area contributed by atoms with Gasteiger partial charge in [-0.25, -0.2) is 19.4 Å². The molecule has 340 valence electrons. The van der Waals surface area contributed by atoms with Gasteiger partial charge in [0.2, 0.25) is 5.71 Å². The number of epoxide rings is 1. The number of aromatic nitrogens is 1. The molecule has 10 atom stereocenters. The molecule has 4 aliphatic heterocycles. The number of carbonyl (C=O) groups is 4. The number of Topliss-reactive ketones (excluding diaryl/α,β-unsaturated/α-hetero) is 1. The fraction of sp³-hybridized carbons (Fsp3) is 0.481. The molecule has 0 bridgehead atoms. The topological polar surface area (TPSA) is 170 Å². The number of hydrogen-bond acceptors (Lipinski definition) is 13. The highest BCUT2D eigenvalue weighted by atomic mass is 16.7. The highest BCUT2D eigenvalue weighted by Gasteiger charge is 2.88. The van der Waals surface area contributed by atoms with Gasteiger partial charge in [-0.3, -0.25) is 4.79 Å². The van der Waals surface area contributed by atoms with Gasteiger partial charge in [-0.2, -0.15) is 0 Å². The van der Waals surface area contributed by atoms with Gasteiger partial charge in [0.05, 0.1) is 54.7 Å². The Morgan fingerprint density at radius 2 is 1.51 bits per heavy atom. The van der Waals surface area contributed by atoms with Crippen LogP contribution in [0.3, 0.4) is 0 Å². The third kappa shape index (κ3) is 6.02. The molecule has 5 aromatic rings. The molecule has 65 heavy (non-hydrogen) atoms. The highest BCUT2D eigenvalue weighted by Crippen LogP contribution is 2.78. The maximum Gasteiger partial charge on any atom is 0.339 e. The zero-order chi connectivity index (χ0) is 45.9. The predicted molar refractivity (Wildman–Crippen MR) is 235 cm³/mol. The summed E-state index contributed by atoms with van der Waals surface area (Å²) in [5.41, 5.74) is 1.43. The molecule has 13 heteroatoms. The van der Waals surface area contributed by atoms with Gasteiger partial charge in [-0.1, -0.05) is 44.6 Å². The molecule has 0 N–H and O–H groups in total. The number of hydrogen-bond donors (Lipinski definition) is 0. The normalized spacial score (nSPS) is 36.2. The van der Waals surface area contributed by atoms with Crippen molar-refractivity contribution in [3.8, 4) is 5.75 Å². The summed E-state index contributed by atoms with van der Waals surface area (Å²) in [6, 6.07) is 13.4. The molecule has 1 spiro atoms. The fourth-order valence-corrected chi connectivity index (χ4v) is 13.6. The molecule has 8 heterocycles. The molecule has 5 fully saturated rings. The van der Waals surface area contributed by atoms with Gasteiger partial charge >= 0.3 is 17.9 Å². The monoisotopic (exact) mass is 885 g/mol. The number of ether oxygens (including phenoxy) is 5. The number of cyclic esters (lactones) is 3. The van der Waals surface area contributed by atoms with E-state index >= 15 is 0 Å². The van der Waals surface area contributed by atoms with Gasteiger partial charge in [0, 0.05) is 51.3 Å². The number of ketones is 1. The summed E-state index contributed by atoms with van der Waals surface area (Å²) < 4.78 is 44.6. The summed E-state index contributed by atoms with van der Waals surface area (Å²) in [4.78, 5) is 56.0. The Morgan fingerprint density at radius 3 is 2.22 bits per heavy atom. The standard InChI is InChI=1S/C26H30O7.C14H16O3.C12H9NO2/c1-22(2)16-12-17(27)25(5)15(23(16,3)9-7-18(28)32-22)6-10-24(4)19(14-8-11-30-13-14)31-21(29)20-26(24,25)33-20;1-9-4-3-6-14(2)11(9)13(15)17-12(14)10-5-7-16-8-10;1-14-11-8-4-2-3-5-10(8)13-12-9(11)6-7-15-12/h7-9,11,13,15-16,19-20H,6,10,12H2,1-5H3;5,7-8,12H,3-4,6H2,1-2H3;2-7H,1H3/t15?,16?,19-,20+,23+,24-,25-,26+;12-,14+;/m00./s1. The Hall–Kier alpha value is -5.95. The zero-order valence-electron chi connectivity index (χ0n) is 38.1. The summed E-state index contributed by atoms with van der Waals surface area (Å²) in [7, 11) is 1.66. The van der Waals surface area contributed by atoms with Crippen molar-refractivity contribution in [1.82, 2.24) is 4.98 Å². The lowest BCUT2D eigenvalue weighted by molar-refractivity contribution is -0.215. The molecule has 0 radical (unpaired) electrons. The summed E-state index contributed by atoms with van der Waals surface area (Å²) in [6.07, 6.45) is 14.9. The van der Waals surface area contributed by atoms with Crippen molar-refractivity contribution < 1.29 is 56.1 Å². The average Bonchev–Trinajstić information content (AvgIpc) is 3.77. The van der Waals surface area contributed by atoms with Crippen molar-refractivity contribution in [3.63, 3.8) is 0 Å². The lowest BCUT2D eigenvalue weighted by Crippen LogP contribution is -2.71. The number of esters is 3. The van der Waals surface area contributed by atoms with Crippen LogP contribution in [0.5, 0.6) is 5.75 Å². The molecule has 0 amide bonds. The molecule has 2 unspecified atom stereocenters. The van der Waals surface area contributed by atoms with Crippen LogP contribution in [-0.4, -0.2) is 53.1 Å². The van der Waals surface area contributed by atoms with Crippen molar-refractivity contribution in [2.45, 2.75) is 117 Å². The first-order valence-electron chi connectivity index (χ1n) is 22.5. The van der Waals surface area contributed by atoms with E-state index in [1.807, 2.05) is 76.2 Å². The van der Waals surface area contributed by atoms with E-state index in [4.69, 9.17) is 36.9 Å². The van der Waals surface area contributed by atoms with E-state index in [1.54, 1.807) is 38.4 Å². The molecule has 4 aromatic heterocycles. The first kappa shape index (κ1) is 43.0. The van der Waals surface area contributed by atoms with Gasteiger partial charge in [0.1, 0.15) is 34.9 Å². The Bertz CT molecular complexity index is 2800. The van der Waals surface area contributed by atoms with Crippen molar-refractivity contribution in [3.05, 3.63) is 108 Å². The molecule has 3 aliphatic carbocycles. The van der Waals surface area contributed by atoms with Crippen LogP contribution >= 0.6 is 0 Å². The number of rotatable bonds is 3. The third-order valence-electron chi connectivity index (χ3n) is 16.6. The molecule has 12 rings (SSSR count). The highest BCUT2D eigenvalue weighted by molar-refractivity contribution is 5.99. The first-order valence-corrected chi connectivity index (χ1v) is 22.5. The number of fused-ring (bicyclic) bond motifs is 6. The fourth-order valence-electron chi connectivity index (χ4n) is 13.6. The Balaban J connectivity index is 0.000000129. The molecular weight excluding hydrogens is 831 g/mol. The van der Waals surface area contributed by atoms with Crippen molar-refractivity contribution in [2.75, 3.05) is 7.11 Å². The van der Waals surface area contributed by atoms with Crippen LogP contribution in [0.1, 0.15) is 110 Å². The third-order valence-corrected chi connectivity index (χ3v) is 16.6. The van der Waals surface area contributed by atoms with Crippen LogP contribution in [0, 0.1) is 33.5 Å². The van der Waals surface area contributed by atoms with Crippen molar-refractivity contribution >= 4 is 45.7 Å². The Morgan fingerprint density at radius 1 is 0.785 bits per heavy atom. The van der Waals surface area contributed by atoms with Gasteiger partial charge in [-0.05, 0) is 101 Å². The largest absolute Gasteiger partial charge is 0.495 e. The lowest BCUT2D eigenvalue weighted by atomic mass is 9.37. The maximum absolute atomic E-state index is 14.1. The number of furan rings is 3. The number of methoxy groups -OCH3 is 1. The number of pyridine rings is 1. The quantitative estimate of drug-likeness (QED) is 0.0953. The lowest BCUT2D eigenvalue weighted by Gasteiger charge is -2.64. The number of nitrogens with zero attached hydrogens (tertiary/aromatic N) is 1. The van der Waals surface area contributed by atoms with Gasteiger partial charge in [0.15, 0.2) is 6.10 Å². The number of benzene rings is 1. The maximum atomic E-state index is 14.1. The van der Waals surface area contributed by atoms with Crippen LogP contribution in [0.4, 0.5) is 0 Å². The minimum absolute atomic E-state index is 0.0727. The number of allylic oxidation sites excluding steroid dienone is 2. The van der Waals surface area contributed by atoms with E-state index < -0.39 is 45.6 Å². The zero-order valence-corrected chi connectivity index (χ0v) is 38.1. The second-order valence-corrected chi connectivity index (χ2v) is 20.3. The van der Waals surface area contributed by atoms with Gasteiger partial charge < -0.3 is 36.9 Å². The summed E-state index contributed by atoms with van der Waals surface area (Å²) in [5.74, 6) is -0.336. The van der Waals surface area contributed by atoms with Crippen LogP contribution in [-0.2, 0) is 38.1 Å². The average molecular weight is 886 g/mol. The molecule has 2 saturated carbocycles. The first-order chi connectivity index (χ1) is 30.9. The van der Waals surface area contributed by atoms with Gasteiger partial charge in [0.25, 0.3) is 0 Å². The molecular formula is C52H55NO12. The molecule has 3 saturated heterocycles. The number of carbonyl (C=O) groups excluding carboxylic acids is 4. The van der Waals surface area contributed by atoms with Crippen LogP contribution in [0.25, 0.3) is 22.0 Å². The SMILES string of the molecule is CC1(C)OC(=O)C=C[C@@]2(C)C1CC(=O)[C@]1(C)C2CC[C@@]2(C)[C@H](c3ccoc3)OC(=O)[C@H]3O[C@]321.CC1=C2C(=O)O[C@@H](c3ccoc3)[C@]2(C)CCC1.COc1c2ccccc2nc2occc12. The predicted octanol–water partition coefficient (Wildman–Crippen LogP) is 10.3. The van der Waals surface area contributed by atoms with E-state index in [0.717, 1.165) is 64.4 Å². The van der Waals surface area contributed by atoms with Crippen molar-refractivity contribution in [2.24, 2.45) is 33.5 Å². The van der Waals surface area contributed by atoms with Gasteiger partial charge in [-0.15, -0.1) is 0 Å². The molecule has 7 aliphatic rings. The summed E-state index contributed by atoms with van der Waals surface area (Å²) in [5, 5.41) is 1.92. The summed E-state index contributed by atoms with van der Waals surface area (Å²) >= 11 is 0. The Kier molecular flexibility index (Phi) is 9.77. The van der Waals surface area contributed by atoms with Crippen molar-refractivity contribution in [1.29, 1.82) is 0 Å². The van der Waals surface area contributed by atoms with E-state index in [0.29, 0.717) is 12.1 Å². The van der Waals surface area contributed by atoms with E-state index in [9.17, 15) is 19.2 Å². The van der Waals surface area contributed by atoms with Crippen LogP contribution < -0.4 is 4.74 Å². The summed E-state index contributed by atoms with van der Waals surface area (Å²) in [6.45, 7) is 14.2. The van der Waals surface area contributed by atoms with E-state index in [1.165, 1.54) is 11.6 Å².